The molecule has 0 aromatic heterocycles. The third kappa shape index (κ3) is 4.47. The number of quaternary nitrogens is 1. The van der Waals surface area contributed by atoms with Crippen LogP contribution in [-0.4, -0.2) is 49.4 Å². The van der Waals surface area contributed by atoms with Gasteiger partial charge in [-0.25, -0.2) is 0 Å². The van der Waals surface area contributed by atoms with Crippen LogP contribution in [0.25, 0.3) is 0 Å². The van der Waals surface area contributed by atoms with Crippen LogP contribution in [0.4, 0.5) is 0 Å². The molecule has 0 radical (unpaired) electrons. The van der Waals surface area contributed by atoms with E-state index in [4.69, 9.17) is 5.73 Å². The molecule has 0 bridgehead atoms. The predicted molar refractivity (Wildman–Crippen MR) is 77.1 cm³/mol. The van der Waals surface area contributed by atoms with Gasteiger partial charge in [-0.05, 0) is 12.8 Å². The van der Waals surface area contributed by atoms with Crippen LogP contribution in [0, 0.1) is 5.92 Å². The third-order valence-corrected chi connectivity index (χ3v) is 4.71. The Bertz CT molecular complexity index is 330. The molecule has 0 aliphatic carbocycles. The first kappa shape index (κ1) is 15.3. The van der Waals surface area contributed by atoms with Gasteiger partial charge >= 0.3 is 0 Å². The molecule has 114 valence electrons. The average Bonchev–Trinajstić information content (AvgIpc) is 2.38. The minimum Gasteiger partial charge on any atom is -0.369 e. The lowest BCUT2D eigenvalue weighted by Gasteiger charge is -2.30. The normalized spacial score (nSPS) is 28.5. The summed E-state index contributed by atoms with van der Waals surface area (Å²) >= 11 is 0. The van der Waals surface area contributed by atoms with Gasteiger partial charge < -0.3 is 15.5 Å². The van der Waals surface area contributed by atoms with E-state index in [0.717, 1.165) is 51.9 Å². The molecule has 0 spiro atoms. The van der Waals surface area contributed by atoms with Gasteiger partial charge in [-0.3, -0.25) is 9.59 Å². The van der Waals surface area contributed by atoms with Crippen LogP contribution < -0.4 is 10.6 Å². The molecule has 2 rings (SSSR count). The SMILES string of the molecule is NC(=O)C1CC[NH+](CC(=O)N2CCCCCCC2)CC1. The maximum absolute atomic E-state index is 12.4. The Morgan fingerprint density at radius 2 is 1.55 bits per heavy atom. The van der Waals surface area contributed by atoms with Crippen LogP contribution in [0.2, 0.25) is 0 Å². The molecule has 0 saturated carbocycles. The predicted octanol–water partition coefficient (Wildman–Crippen LogP) is -0.441. The van der Waals surface area contributed by atoms with Gasteiger partial charge in [0.2, 0.25) is 5.91 Å². The van der Waals surface area contributed by atoms with E-state index in [1.807, 2.05) is 4.90 Å². The van der Waals surface area contributed by atoms with E-state index in [0.29, 0.717) is 12.5 Å². The minimum absolute atomic E-state index is 0.0237. The Kier molecular flexibility index (Phi) is 5.83. The molecule has 2 aliphatic rings. The van der Waals surface area contributed by atoms with Gasteiger partial charge in [0, 0.05) is 31.8 Å². The van der Waals surface area contributed by atoms with Crippen LogP contribution in [0.15, 0.2) is 0 Å². The average molecular weight is 282 g/mol. The highest BCUT2D eigenvalue weighted by atomic mass is 16.2. The molecular weight excluding hydrogens is 254 g/mol. The van der Waals surface area contributed by atoms with E-state index in [9.17, 15) is 9.59 Å². The molecule has 0 aromatic carbocycles. The van der Waals surface area contributed by atoms with Crippen molar-refractivity contribution in [2.45, 2.75) is 44.9 Å². The number of hydrogen-bond acceptors (Lipinski definition) is 2. The van der Waals surface area contributed by atoms with E-state index in [1.54, 1.807) is 0 Å². The number of primary amides is 1. The monoisotopic (exact) mass is 282 g/mol. The van der Waals surface area contributed by atoms with Gasteiger partial charge in [0.15, 0.2) is 6.54 Å². The van der Waals surface area contributed by atoms with Gasteiger partial charge in [0.05, 0.1) is 13.1 Å². The van der Waals surface area contributed by atoms with Crippen molar-refractivity contribution in [3.63, 3.8) is 0 Å². The molecule has 5 nitrogen and oxygen atoms in total. The fraction of sp³-hybridized carbons (Fsp3) is 0.867. The number of nitrogens with one attached hydrogen (secondary N) is 1. The van der Waals surface area contributed by atoms with Crippen LogP contribution in [-0.2, 0) is 9.59 Å². The molecule has 2 aliphatic heterocycles. The first-order chi connectivity index (χ1) is 9.66. The first-order valence-corrected chi connectivity index (χ1v) is 8.07. The lowest BCUT2D eigenvalue weighted by molar-refractivity contribution is -0.898. The summed E-state index contributed by atoms with van der Waals surface area (Å²) in [5, 5.41) is 0. The Morgan fingerprint density at radius 3 is 2.10 bits per heavy atom. The van der Waals surface area contributed by atoms with Gasteiger partial charge in [-0.1, -0.05) is 19.3 Å². The van der Waals surface area contributed by atoms with E-state index in [-0.39, 0.29) is 11.8 Å². The van der Waals surface area contributed by atoms with Gasteiger partial charge in [-0.15, -0.1) is 0 Å². The lowest BCUT2D eigenvalue weighted by atomic mass is 9.96. The second-order valence-corrected chi connectivity index (χ2v) is 6.25. The Hall–Kier alpha value is -1.10. The highest BCUT2D eigenvalue weighted by molar-refractivity contribution is 5.77. The second-order valence-electron chi connectivity index (χ2n) is 6.25. The molecule has 2 heterocycles. The third-order valence-electron chi connectivity index (χ3n) is 4.71. The van der Waals surface area contributed by atoms with Crippen molar-refractivity contribution in [1.82, 2.24) is 4.90 Å². The van der Waals surface area contributed by atoms with Crippen molar-refractivity contribution >= 4 is 11.8 Å². The number of rotatable bonds is 3. The zero-order chi connectivity index (χ0) is 14.4. The number of piperidine rings is 1. The number of carbonyl (C=O) groups excluding carboxylic acids is 2. The standard InChI is InChI=1S/C15H27N3O2/c16-15(20)13-6-10-17(11-7-13)12-14(19)18-8-4-2-1-3-5-9-18/h13H,1-12H2,(H2,16,20)/p+1. The van der Waals surface area contributed by atoms with Crippen LogP contribution in [0.1, 0.15) is 44.9 Å². The molecule has 0 unspecified atom stereocenters. The maximum atomic E-state index is 12.4. The van der Waals surface area contributed by atoms with E-state index < -0.39 is 0 Å². The molecule has 3 N–H and O–H groups in total. The molecule has 2 amide bonds. The Labute approximate surface area is 121 Å². The number of nitrogens with two attached hydrogens (primary N) is 1. The van der Waals surface area contributed by atoms with Gasteiger partial charge in [0.25, 0.3) is 5.91 Å². The maximum Gasteiger partial charge on any atom is 0.277 e. The smallest absolute Gasteiger partial charge is 0.277 e. The zero-order valence-corrected chi connectivity index (χ0v) is 12.4. The summed E-state index contributed by atoms with van der Waals surface area (Å²) in [6.45, 7) is 4.23. The Balaban J connectivity index is 1.75. The summed E-state index contributed by atoms with van der Waals surface area (Å²) in [5.74, 6) is 0.133. The van der Waals surface area contributed by atoms with Crippen LogP contribution >= 0.6 is 0 Å². The van der Waals surface area contributed by atoms with Crippen molar-refractivity contribution in [2.75, 3.05) is 32.7 Å². The molecule has 20 heavy (non-hydrogen) atoms. The summed E-state index contributed by atoms with van der Waals surface area (Å²) in [7, 11) is 0. The number of amides is 2. The summed E-state index contributed by atoms with van der Waals surface area (Å²) in [6.07, 6.45) is 7.76. The first-order valence-electron chi connectivity index (χ1n) is 8.07. The van der Waals surface area contributed by atoms with E-state index in [1.165, 1.54) is 24.2 Å². The number of nitrogens with zero attached hydrogens (tertiary/aromatic N) is 1. The largest absolute Gasteiger partial charge is 0.369 e. The molecule has 5 heteroatoms. The molecule has 2 fully saturated rings. The summed E-state index contributed by atoms with van der Waals surface area (Å²) in [5.41, 5.74) is 5.34. The van der Waals surface area contributed by atoms with Crippen molar-refractivity contribution in [1.29, 1.82) is 0 Å². The molecular formula is C15H28N3O2+. The molecule has 0 aromatic rings. The van der Waals surface area contributed by atoms with Gasteiger partial charge in [-0.2, -0.15) is 0 Å². The topological polar surface area (TPSA) is 67.8 Å². The van der Waals surface area contributed by atoms with Crippen LogP contribution in [0.5, 0.6) is 0 Å². The number of likely N-dealkylation sites (tertiary alicyclic amines) is 2. The number of carbonyl (C=O) groups is 2. The van der Waals surface area contributed by atoms with Gasteiger partial charge in [0.1, 0.15) is 0 Å². The summed E-state index contributed by atoms with van der Waals surface area (Å²) < 4.78 is 0. The second kappa shape index (κ2) is 7.62. The van der Waals surface area contributed by atoms with E-state index >= 15 is 0 Å². The summed E-state index contributed by atoms with van der Waals surface area (Å²) in [6, 6.07) is 0. The van der Waals surface area contributed by atoms with Crippen molar-refractivity contribution in [3.05, 3.63) is 0 Å². The van der Waals surface area contributed by atoms with E-state index in [2.05, 4.69) is 0 Å². The lowest BCUT2D eigenvalue weighted by Crippen LogP contribution is -3.14. The molecule has 2 saturated heterocycles. The van der Waals surface area contributed by atoms with Crippen LogP contribution in [0.3, 0.4) is 0 Å². The fourth-order valence-corrected chi connectivity index (χ4v) is 3.31. The minimum atomic E-state index is -0.181. The molecule has 0 atom stereocenters. The van der Waals surface area contributed by atoms with Crippen molar-refractivity contribution in [2.24, 2.45) is 11.7 Å². The highest BCUT2D eigenvalue weighted by Crippen LogP contribution is 2.11. The quantitative estimate of drug-likeness (QED) is 0.737. The fourth-order valence-electron chi connectivity index (χ4n) is 3.31. The number of hydrogen-bond donors (Lipinski definition) is 2. The van der Waals surface area contributed by atoms with Crippen molar-refractivity contribution < 1.29 is 14.5 Å². The highest BCUT2D eigenvalue weighted by Gasteiger charge is 2.28. The summed E-state index contributed by atoms with van der Waals surface area (Å²) in [4.78, 5) is 26.9. The Morgan fingerprint density at radius 1 is 1.00 bits per heavy atom. The zero-order valence-electron chi connectivity index (χ0n) is 12.4. The van der Waals surface area contributed by atoms with Crippen molar-refractivity contribution in [3.8, 4) is 0 Å².